The van der Waals surface area contributed by atoms with E-state index >= 15 is 0 Å². The van der Waals surface area contributed by atoms with Crippen LogP contribution in [0.15, 0.2) is 53.4 Å². The molecular formula is C21H28N2O4S. The topological polar surface area (TPSA) is 84.5 Å². The average molecular weight is 405 g/mol. The Labute approximate surface area is 167 Å². The molecule has 0 heterocycles. The number of carbonyl (C=O) groups excluding carboxylic acids is 1. The van der Waals surface area contributed by atoms with Gasteiger partial charge in [-0.05, 0) is 50.1 Å². The highest BCUT2D eigenvalue weighted by molar-refractivity contribution is 7.89. The number of para-hydroxylation sites is 1. The Bertz CT molecular complexity index is 895. The van der Waals surface area contributed by atoms with Crippen molar-refractivity contribution in [2.75, 3.05) is 7.11 Å². The summed E-state index contributed by atoms with van der Waals surface area (Å²) in [5.74, 6) is 0.448. The van der Waals surface area contributed by atoms with Crippen molar-refractivity contribution in [3.05, 3.63) is 59.7 Å². The van der Waals surface area contributed by atoms with E-state index in [-0.39, 0.29) is 22.9 Å². The van der Waals surface area contributed by atoms with Gasteiger partial charge in [-0.2, -0.15) is 0 Å². The van der Waals surface area contributed by atoms with Gasteiger partial charge in [-0.3, -0.25) is 4.79 Å². The Hall–Kier alpha value is -2.38. The maximum atomic E-state index is 12.7. The molecule has 152 valence electrons. The molecule has 28 heavy (non-hydrogen) atoms. The van der Waals surface area contributed by atoms with Crippen molar-refractivity contribution >= 4 is 15.9 Å². The molecule has 1 amide bonds. The Morgan fingerprint density at radius 1 is 1.04 bits per heavy atom. The van der Waals surface area contributed by atoms with Crippen molar-refractivity contribution in [2.45, 2.75) is 50.6 Å². The molecule has 0 aromatic heterocycles. The summed E-state index contributed by atoms with van der Waals surface area (Å²) in [6.07, 6.45) is 1.39. The van der Waals surface area contributed by atoms with Gasteiger partial charge in [0.15, 0.2) is 0 Å². The van der Waals surface area contributed by atoms with E-state index in [1.165, 1.54) is 24.3 Å². The number of hydrogen-bond donors (Lipinski definition) is 2. The molecule has 2 N–H and O–H groups in total. The fourth-order valence-corrected chi connectivity index (χ4v) is 4.12. The molecule has 2 unspecified atom stereocenters. The van der Waals surface area contributed by atoms with Crippen molar-refractivity contribution in [1.29, 1.82) is 0 Å². The van der Waals surface area contributed by atoms with Crippen molar-refractivity contribution in [3.8, 4) is 5.75 Å². The van der Waals surface area contributed by atoms with Crippen LogP contribution < -0.4 is 14.8 Å². The molecule has 0 saturated heterocycles. The highest BCUT2D eigenvalue weighted by atomic mass is 32.2. The first-order valence-electron chi connectivity index (χ1n) is 9.38. The number of ether oxygens (including phenoxy) is 1. The van der Waals surface area contributed by atoms with Gasteiger partial charge in [0, 0.05) is 17.2 Å². The summed E-state index contributed by atoms with van der Waals surface area (Å²) in [4.78, 5) is 12.8. The largest absolute Gasteiger partial charge is 0.496 e. The maximum Gasteiger partial charge on any atom is 0.251 e. The molecule has 0 aliphatic heterocycles. The minimum atomic E-state index is -3.59. The lowest BCUT2D eigenvalue weighted by atomic mass is 10.0. The second-order valence-corrected chi connectivity index (χ2v) is 8.35. The molecule has 0 aliphatic carbocycles. The molecule has 0 radical (unpaired) electrons. The van der Waals surface area contributed by atoms with Crippen molar-refractivity contribution < 1.29 is 17.9 Å². The van der Waals surface area contributed by atoms with Gasteiger partial charge in [-0.25, -0.2) is 13.1 Å². The number of carbonyl (C=O) groups is 1. The summed E-state index contributed by atoms with van der Waals surface area (Å²) in [5.41, 5.74) is 1.30. The Morgan fingerprint density at radius 3 is 2.25 bits per heavy atom. The average Bonchev–Trinajstić information content (AvgIpc) is 2.71. The Kier molecular flexibility index (Phi) is 7.60. The first kappa shape index (κ1) is 21.9. The van der Waals surface area contributed by atoms with Gasteiger partial charge in [0.2, 0.25) is 10.0 Å². The van der Waals surface area contributed by atoms with Crippen LogP contribution >= 0.6 is 0 Å². The first-order chi connectivity index (χ1) is 13.3. The van der Waals surface area contributed by atoms with Gasteiger partial charge in [-0.1, -0.05) is 32.0 Å². The van der Waals surface area contributed by atoms with Crippen LogP contribution in [0.25, 0.3) is 0 Å². The minimum absolute atomic E-state index is 0.140. The third-order valence-corrected chi connectivity index (χ3v) is 6.23. The Balaban J connectivity index is 2.16. The van der Waals surface area contributed by atoms with Crippen LogP contribution in [0.3, 0.4) is 0 Å². The number of sulfonamides is 1. The van der Waals surface area contributed by atoms with Crippen LogP contribution in [0.1, 0.15) is 55.6 Å². The lowest BCUT2D eigenvalue weighted by Gasteiger charge is -2.20. The van der Waals surface area contributed by atoms with E-state index in [0.29, 0.717) is 24.2 Å². The zero-order valence-electron chi connectivity index (χ0n) is 16.7. The lowest BCUT2D eigenvalue weighted by molar-refractivity contribution is 0.0935. The van der Waals surface area contributed by atoms with E-state index in [1.807, 2.05) is 45.0 Å². The molecule has 7 heteroatoms. The Morgan fingerprint density at radius 2 is 1.68 bits per heavy atom. The quantitative estimate of drug-likeness (QED) is 0.668. The van der Waals surface area contributed by atoms with E-state index < -0.39 is 10.0 Å². The molecule has 0 aliphatic rings. The fourth-order valence-electron chi connectivity index (χ4n) is 2.80. The van der Waals surface area contributed by atoms with Crippen LogP contribution in [0, 0.1) is 0 Å². The minimum Gasteiger partial charge on any atom is -0.496 e. The molecule has 0 spiro atoms. The predicted molar refractivity (Wildman–Crippen MR) is 110 cm³/mol. The number of rotatable bonds is 9. The van der Waals surface area contributed by atoms with E-state index in [1.54, 1.807) is 7.11 Å². The molecule has 0 bridgehead atoms. The lowest BCUT2D eigenvalue weighted by Crippen LogP contribution is -2.32. The normalized spacial score (nSPS) is 13.6. The molecule has 2 aromatic rings. The SMILES string of the molecule is CCC(C)NS(=O)(=O)c1ccc(C(=O)NC(CC)c2ccccc2OC)cc1. The number of hydrogen-bond acceptors (Lipinski definition) is 4. The van der Waals surface area contributed by atoms with Gasteiger partial charge < -0.3 is 10.1 Å². The third kappa shape index (κ3) is 5.33. The standard InChI is InChI=1S/C21H28N2O4S/c1-5-15(3)23-28(25,26)17-13-11-16(12-14-17)21(24)22-19(6-2)18-9-7-8-10-20(18)27-4/h7-15,19,23H,5-6H2,1-4H3,(H,22,24). The second-order valence-electron chi connectivity index (χ2n) is 6.63. The molecule has 2 aromatic carbocycles. The van der Waals surface area contributed by atoms with E-state index in [0.717, 1.165) is 5.56 Å². The fraction of sp³-hybridized carbons (Fsp3) is 0.381. The molecule has 2 rings (SSSR count). The van der Waals surface area contributed by atoms with E-state index in [2.05, 4.69) is 10.0 Å². The van der Waals surface area contributed by atoms with Crippen molar-refractivity contribution in [3.63, 3.8) is 0 Å². The highest BCUT2D eigenvalue weighted by Crippen LogP contribution is 2.27. The summed E-state index contributed by atoms with van der Waals surface area (Å²) in [5, 5.41) is 2.99. The maximum absolute atomic E-state index is 12.7. The number of methoxy groups -OCH3 is 1. The van der Waals surface area contributed by atoms with E-state index in [4.69, 9.17) is 4.74 Å². The van der Waals surface area contributed by atoms with Crippen LogP contribution in [0.2, 0.25) is 0 Å². The van der Waals surface area contributed by atoms with Gasteiger partial charge in [-0.15, -0.1) is 0 Å². The van der Waals surface area contributed by atoms with Gasteiger partial charge in [0.25, 0.3) is 5.91 Å². The summed E-state index contributed by atoms with van der Waals surface area (Å²) < 4.78 is 32.7. The van der Waals surface area contributed by atoms with Gasteiger partial charge in [0.1, 0.15) is 5.75 Å². The smallest absolute Gasteiger partial charge is 0.251 e. The van der Waals surface area contributed by atoms with E-state index in [9.17, 15) is 13.2 Å². The zero-order valence-corrected chi connectivity index (χ0v) is 17.5. The molecule has 0 fully saturated rings. The first-order valence-corrected chi connectivity index (χ1v) is 10.9. The molecular weight excluding hydrogens is 376 g/mol. The van der Waals surface area contributed by atoms with Crippen molar-refractivity contribution in [2.24, 2.45) is 0 Å². The number of benzene rings is 2. The van der Waals surface area contributed by atoms with Crippen LogP contribution in [-0.4, -0.2) is 27.5 Å². The second kappa shape index (κ2) is 9.71. The number of amides is 1. The number of nitrogens with one attached hydrogen (secondary N) is 2. The zero-order chi connectivity index (χ0) is 20.7. The highest BCUT2D eigenvalue weighted by Gasteiger charge is 2.19. The molecule has 2 atom stereocenters. The van der Waals surface area contributed by atoms with Gasteiger partial charge >= 0.3 is 0 Å². The summed E-state index contributed by atoms with van der Waals surface area (Å²) in [6, 6.07) is 13.1. The van der Waals surface area contributed by atoms with Crippen molar-refractivity contribution in [1.82, 2.24) is 10.0 Å². The molecule has 6 nitrogen and oxygen atoms in total. The van der Waals surface area contributed by atoms with Crippen LogP contribution in [-0.2, 0) is 10.0 Å². The van der Waals surface area contributed by atoms with Gasteiger partial charge in [0.05, 0.1) is 18.0 Å². The third-order valence-electron chi connectivity index (χ3n) is 4.62. The van der Waals surface area contributed by atoms with Crippen LogP contribution in [0.4, 0.5) is 0 Å². The summed E-state index contributed by atoms with van der Waals surface area (Å²) in [6.45, 7) is 5.70. The summed E-state index contributed by atoms with van der Waals surface area (Å²) >= 11 is 0. The predicted octanol–water partition coefficient (Wildman–Crippen LogP) is 3.65. The van der Waals surface area contributed by atoms with Crippen LogP contribution in [0.5, 0.6) is 5.75 Å². The summed E-state index contributed by atoms with van der Waals surface area (Å²) in [7, 11) is -1.99. The monoisotopic (exact) mass is 404 g/mol. The molecule has 0 saturated carbocycles.